The van der Waals surface area contributed by atoms with E-state index in [-0.39, 0.29) is 23.9 Å². The fraction of sp³-hybridized carbons (Fsp3) is 0.438. The van der Waals surface area contributed by atoms with Crippen LogP contribution < -0.4 is 5.32 Å². The van der Waals surface area contributed by atoms with Crippen LogP contribution in [0.1, 0.15) is 30.1 Å². The van der Waals surface area contributed by atoms with Crippen LogP contribution in [0.3, 0.4) is 0 Å². The lowest BCUT2D eigenvalue weighted by Gasteiger charge is -2.18. The van der Waals surface area contributed by atoms with Crippen LogP contribution in [0.5, 0.6) is 0 Å². The van der Waals surface area contributed by atoms with Crippen LogP contribution in [0.15, 0.2) is 30.9 Å². The van der Waals surface area contributed by atoms with Gasteiger partial charge in [-0.25, -0.2) is 4.39 Å². The summed E-state index contributed by atoms with van der Waals surface area (Å²) in [5.74, 6) is -0.456. The number of carbonyl (C=O) groups excluding carboxylic acids is 1. The Labute approximate surface area is 133 Å². The number of nitrogens with one attached hydrogen (secondary N) is 1. The van der Waals surface area contributed by atoms with Crippen molar-refractivity contribution in [3.05, 3.63) is 47.8 Å². The molecule has 1 saturated heterocycles. The molecule has 0 aliphatic carbocycles. The highest BCUT2D eigenvalue weighted by Gasteiger charge is 2.31. The zero-order chi connectivity index (χ0) is 16.2. The van der Waals surface area contributed by atoms with Gasteiger partial charge in [-0.3, -0.25) is 14.5 Å². The number of aryl methyl sites for hydroxylation is 2. The van der Waals surface area contributed by atoms with Crippen molar-refractivity contribution in [1.82, 2.24) is 20.1 Å². The van der Waals surface area contributed by atoms with Crippen molar-refractivity contribution in [3.63, 3.8) is 0 Å². The highest BCUT2D eigenvalue weighted by atomic mass is 19.1. The molecule has 3 heterocycles. The van der Waals surface area contributed by atoms with Gasteiger partial charge >= 0.3 is 0 Å². The number of amides is 1. The summed E-state index contributed by atoms with van der Waals surface area (Å²) in [4.78, 5) is 15.9. The van der Waals surface area contributed by atoms with Crippen molar-refractivity contribution in [2.45, 2.75) is 31.4 Å². The smallest absolute Gasteiger partial charge is 0.220 e. The van der Waals surface area contributed by atoms with E-state index in [9.17, 15) is 9.18 Å². The summed E-state index contributed by atoms with van der Waals surface area (Å²) in [5, 5.41) is 7.15. The predicted octanol–water partition coefficient (Wildman–Crippen LogP) is 1.53. The lowest BCUT2D eigenvalue weighted by Crippen LogP contribution is -2.36. The molecule has 0 saturated carbocycles. The SMILES string of the molecule is Cn1cc([C@H]2OCC[C@@H]2NC(=O)CCc2cncc(F)c2)cn1. The van der Waals surface area contributed by atoms with Crippen molar-refractivity contribution in [2.75, 3.05) is 6.61 Å². The van der Waals surface area contributed by atoms with E-state index in [1.165, 1.54) is 6.07 Å². The molecular formula is C16H19FN4O2. The maximum absolute atomic E-state index is 13.1. The molecule has 0 unspecified atom stereocenters. The number of rotatable bonds is 5. The van der Waals surface area contributed by atoms with E-state index in [1.54, 1.807) is 17.1 Å². The van der Waals surface area contributed by atoms with Crippen molar-refractivity contribution >= 4 is 5.91 Å². The van der Waals surface area contributed by atoms with Crippen LogP contribution in [0, 0.1) is 5.82 Å². The van der Waals surface area contributed by atoms with Gasteiger partial charge in [-0.15, -0.1) is 0 Å². The normalized spacial score (nSPS) is 20.6. The van der Waals surface area contributed by atoms with Gasteiger partial charge in [0, 0.05) is 38.0 Å². The number of aromatic nitrogens is 3. The molecular weight excluding hydrogens is 299 g/mol. The quantitative estimate of drug-likeness (QED) is 0.908. The molecule has 1 aliphatic rings. The van der Waals surface area contributed by atoms with E-state index >= 15 is 0 Å². The number of hydrogen-bond donors (Lipinski definition) is 1. The average molecular weight is 318 g/mol. The van der Waals surface area contributed by atoms with Crippen molar-refractivity contribution < 1.29 is 13.9 Å². The Morgan fingerprint density at radius 3 is 3.09 bits per heavy atom. The Kier molecular flexibility index (Phi) is 4.66. The highest BCUT2D eigenvalue weighted by Crippen LogP contribution is 2.28. The molecule has 1 N–H and O–H groups in total. The van der Waals surface area contributed by atoms with Crippen molar-refractivity contribution in [1.29, 1.82) is 0 Å². The standard InChI is InChI=1S/C16H19FN4O2/c1-21-10-12(8-19-21)16-14(4-5-23-16)20-15(22)3-2-11-6-13(17)9-18-7-11/h6-10,14,16H,2-5H2,1H3,(H,20,22)/t14-,16+/m0/s1. The summed E-state index contributed by atoms with van der Waals surface area (Å²) in [6.07, 6.45) is 7.74. The Balaban J connectivity index is 1.54. The van der Waals surface area contributed by atoms with Crippen LogP contribution in [-0.4, -0.2) is 33.3 Å². The average Bonchev–Trinajstić information content (AvgIpc) is 3.14. The van der Waals surface area contributed by atoms with Gasteiger partial charge in [-0.1, -0.05) is 0 Å². The number of hydrogen-bond acceptors (Lipinski definition) is 4. The summed E-state index contributed by atoms with van der Waals surface area (Å²) >= 11 is 0. The lowest BCUT2D eigenvalue weighted by molar-refractivity contribution is -0.122. The number of nitrogens with zero attached hydrogens (tertiary/aromatic N) is 3. The highest BCUT2D eigenvalue weighted by molar-refractivity contribution is 5.76. The molecule has 3 rings (SSSR count). The van der Waals surface area contributed by atoms with E-state index in [0.717, 1.165) is 18.2 Å². The van der Waals surface area contributed by atoms with Crippen LogP contribution in [-0.2, 0) is 23.0 Å². The molecule has 1 aliphatic heterocycles. The Morgan fingerprint density at radius 1 is 1.48 bits per heavy atom. The van der Waals surface area contributed by atoms with E-state index in [4.69, 9.17) is 4.74 Å². The molecule has 2 aromatic heterocycles. The minimum atomic E-state index is -0.385. The van der Waals surface area contributed by atoms with Gasteiger partial charge in [-0.2, -0.15) is 5.10 Å². The molecule has 2 atom stereocenters. The molecule has 7 heteroatoms. The molecule has 122 valence electrons. The number of halogens is 1. The summed E-state index contributed by atoms with van der Waals surface area (Å²) in [7, 11) is 1.85. The lowest BCUT2D eigenvalue weighted by atomic mass is 10.0. The van der Waals surface area contributed by atoms with Gasteiger partial charge in [-0.05, 0) is 24.5 Å². The molecule has 23 heavy (non-hydrogen) atoms. The van der Waals surface area contributed by atoms with E-state index < -0.39 is 0 Å². The topological polar surface area (TPSA) is 69.0 Å². The predicted molar refractivity (Wildman–Crippen MR) is 81.0 cm³/mol. The van der Waals surface area contributed by atoms with Crippen LogP contribution >= 0.6 is 0 Å². The molecule has 1 fully saturated rings. The number of ether oxygens (including phenoxy) is 1. The molecule has 0 spiro atoms. The molecule has 0 aromatic carbocycles. The Morgan fingerprint density at radius 2 is 2.35 bits per heavy atom. The largest absolute Gasteiger partial charge is 0.371 e. The third kappa shape index (κ3) is 3.92. The second-order valence-electron chi connectivity index (χ2n) is 5.71. The summed E-state index contributed by atoms with van der Waals surface area (Å²) in [6.45, 7) is 0.609. The van der Waals surface area contributed by atoms with Crippen LogP contribution in [0.2, 0.25) is 0 Å². The van der Waals surface area contributed by atoms with Gasteiger partial charge in [0.2, 0.25) is 5.91 Å². The Bertz CT molecular complexity index is 688. The van der Waals surface area contributed by atoms with Gasteiger partial charge in [0.05, 0.1) is 18.4 Å². The third-order valence-electron chi connectivity index (χ3n) is 3.89. The minimum Gasteiger partial charge on any atom is -0.371 e. The minimum absolute atomic E-state index is 0.0580. The zero-order valence-corrected chi connectivity index (χ0v) is 12.9. The van der Waals surface area contributed by atoms with Crippen LogP contribution in [0.4, 0.5) is 4.39 Å². The number of pyridine rings is 1. The molecule has 2 aromatic rings. The second-order valence-corrected chi connectivity index (χ2v) is 5.71. The fourth-order valence-electron chi connectivity index (χ4n) is 2.78. The first-order chi connectivity index (χ1) is 11.1. The zero-order valence-electron chi connectivity index (χ0n) is 12.9. The molecule has 6 nitrogen and oxygen atoms in total. The monoisotopic (exact) mass is 318 g/mol. The van der Waals surface area contributed by atoms with E-state index in [0.29, 0.717) is 25.0 Å². The third-order valence-corrected chi connectivity index (χ3v) is 3.89. The number of carbonyl (C=O) groups is 1. The Hall–Kier alpha value is -2.28. The molecule has 0 radical (unpaired) electrons. The van der Waals surface area contributed by atoms with Crippen LogP contribution in [0.25, 0.3) is 0 Å². The van der Waals surface area contributed by atoms with Gasteiger partial charge < -0.3 is 10.1 Å². The summed E-state index contributed by atoms with van der Waals surface area (Å²) < 4.78 is 20.5. The van der Waals surface area contributed by atoms with Crippen molar-refractivity contribution in [3.8, 4) is 0 Å². The maximum atomic E-state index is 13.1. The first-order valence-corrected chi connectivity index (χ1v) is 7.61. The summed E-state index contributed by atoms with van der Waals surface area (Å²) in [6, 6.07) is 1.34. The first-order valence-electron chi connectivity index (χ1n) is 7.61. The van der Waals surface area contributed by atoms with Gasteiger partial charge in [0.25, 0.3) is 0 Å². The fourth-order valence-corrected chi connectivity index (χ4v) is 2.78. The van der Waals surface area contributed by atoms with Gasteiger partial charge in [0.1, 0.15) is 11.9 Å². The van der Waals surface area contributed by atoms with Crippen molar-refractivity contribution in [2.24, 2.45) is 7.05 Å². The van der Waals surface area contributed by atoms with E-state index in [2.05, 4.69) is 15.4 Å². The second kappa shape index (κ2) is 6.87. The molecule has 1 amide bonds. The van der Waals surface area contributed by atoms with Gasteiger partial charge in [0.15, 0.2) is 0 Å². The molecule has 0 bridgehead atoms. The summed E-state index contributed by atoms with van der Waals surface area (Å²) in [5.41, 5.74) is 1.68. The maximum Gasteiger partial charge on any atom is 0.220 e. The van der Waals surface area contributed by atoms with E-state index in [1.807, 2.05) is 13.2 Å². The first kappa shape index (κ1) is 15.6.